The first-order chi connectivity index (χ1) is 19.7. The first kappa shape index (κ1) is 30.2. The molecule has 0 saturated carbocycles. The van der Waals surface area contributed by atoms with Crippen molar-refractivity contribution in [2.24, 2.45) is 0 Å². The minimum absolute atomic E-state index is 0.00947. The summed E-state index contributed by atoms with van der Waals surface area (Å²) in [4.78, 5) is 40.6. The van der Waals surface area contributed by atoms with Crippen molar-refractivity contribution in [3.63, 3.8) is 0 Å². The first-order valence-electron chi connectivity index (χ1n) is 13.4. The summed E-state index contributed by atoms with van der Waals surface area (Å²) < 4.78 is 0.904. The second-order valence-electron chi connectivity index (χ2n) is 9.87. The lowest BCUT2D eigenvalue weighted by atomic mass is 10.1. The van der Waals surface area contributed by atoms with E-state index in [1.807, 2.05) is 54.3 Å². The highest BCUT2D eigenvalue weighted by Crippen LogP contribution is 2.24. The zero-order valence-corrected chi connectivity index (χ0v) is 25.4. The van der Waals surface area contributed by atoms with Crippen molar-refractivity contribution in [1.29, 1.82) is 0 Å². The molecule has 1 saturated heterocycles. The number of piperazine rings is 1. The first-order valence-corrected chi connectivity index (χ1v) is 14.8. The standard InChI is InChI=1S/C29H36N8O2S2/c1-20-19-31-28(34-25(20)33-24-8-6-5-7-23(24)26(38)30-2)32-22-11-9-21(10-12-22)27(39)36-13-15-37(16-14-36)29(40)41-18-17-35(3)4/h5-12,19H,13-18H2,1-4H3,(H,30,38)(H2,31,32,33,34). The molecular weight excluding hydrogens is 557 g/mol. The lowest BCUT2D eigenvalue weighted by molar-refractivity contribution is 0.0694. The molecule has 3 N–H and O–H groups in total. The summed E-state index contributed by atoms with van der Waals surface area (Å²) in [5.41, 5.74) is 3.38. The minimum atomic E-state index is -0.187. The van der Waals surface area contributed by atoms with E-state index in [-0.39, 0.29) is 11.8 Å². The smallest absolute Gasteiger partial charge is 0.253 e. The molecule has 2 heterocycles. The average Bonchev–Trinajstić information content (AvgIpc) is 2.98. The number of nitrogens with zero attached hydrogens (tertiary/aromatic N) is 5. The molecule has 41 heavy (non-hydrogen) atoms. The van der Waals surface area contributed by atoms with Crippen LogP contribution in [0.25, 0.3) is 0 Å². The molecule has 12 heteroatoms. The van der Waals surface area contributed by atoms with Crippen LogP contribution >= 0.6 is 24.0 Å². The van der Waals surface area contributed by atoms with Crippen LogP contribution in [0.4, 0.5) is 23.1 Å². The van der Waals surface area contributed by atoms with Crippen LogP contribution in [0.1, 0.15) is 26.3 Å². The zero-order chi connectivity index (χ0) is 29.4. The molecule has 1 fully saturated rings. The zero-order valence-electron chi connectivity index (χ0n) is 23.8. The highest BCUT2D eigenvalue weighted by Gasteiger charge is 2.23. The van der Waals surface area contributed by atoms with Crippen molar-refractivity contribution < 1.29 is 9.59 Å². The monoisotopic (exact) mass is 592 g/mol. The molecule has 2 amide bonds. The predicted molar refractivity (Wildman–Crippen MR) is 171 cm³/mol. The molecule has 4 rings (SSSR count). The number of nitrogens with one attached hydrogen (secondary N) is 3. The molecule has 1 aliphatic rings. The third kappa shape index (κ3) is 8.15. The van der Waals surface area contributed by atoms with Gasteiger partial charge in [0.1, 0.15) is 10.1 Å². The molecule has 0 aliphatic carbocycles. The number of rotatable bonds is 9. The maximum atomic E-state index is 13.1. The van der Waals surface area contributed by atoms with Gasteiger partial charge in [-0.3, -0.25) is 9.59 Å². The summed E-state index contributed by atoms with van der Waals surface area (Å²) >= 11 is 7.29. The van der Waals surface area contributed by atoms with Gasteiger partial charge in [0.2, 0.25) is 5.95 Å². The maximum absolute atomic E-state index is 13.1. The Balaban J connectivity index is 1.34. The number of hydrogen-bond acceptors (Lipinski definition) is 9. The molecule has 216 valence electrons. The van der Waals surface area contributed by atoms with E-state index in [9.17, 15) is 9.59 Å². The van der Waals surface area contributed by atoms with E-state index in [0.717, 1.165) is 41.0 Å². The number of hydrogen-bond donors (Lipinski definition) is 3. The number of para-hydroxylation sites is 1. The van der Waals surface area contributed by atoms with Gasteiger partial charge in [-0.1, -0.05) is 36.1 Å². The number of aryl methyl sites for hydroxylation is 1. The van der Waals surface area contributed by atoms with Crippen molar-refractivity contribution in [3.8, 4) is 0 Å². The third-order valence-corrected chi connectivity index (χ3v) is 8.10. The van der Waals surface area contributed by atoms with Crippen LogP contribution < -0.4 is 16.0 Å². The summed E-state index contributed by atoms with van der Waals surface area (Å²) in [7, 11) is 5.71. The Kier molecular flexibility index (Phi) is 10.5. The molecule has 10 nitrogen and oxygen atoms in total. The molecule has 0 unspecified atom stereocenters. The quantitative estimate of drug-likeness (QED) is 0.316. The highest BCUT2D eigenvalue weighted by atomic mass is 32.2. The Morgan fingerprint density at radius 3 is 2.37 bits per heavy atom. The van der Waals surface area contributed by atoms with Gasteiger partial charge < -0.3 is 30.7 Å². The van der Waals surface area contributed by atoms with E-state index in [1.165, 1.54) is 0 Å². The Labute approximate surface area is 250 Å². The number of thioether (sulfide) groups is 1. The second kappa shape index (κ2) is 14.2. The molecule has 3 aromatic rings. The van der Waals surface area contributed by atoms with Gasteiger partial charge in [0.25, 0.3) is 11.8 Å². The van der Waals surface area contributed by atoms with Gasteiger partial charge in [0.05, 0.1) is 11.3 Å². The van der Waals surface area contributed by atoms with E-state index < -0.39 is 0 Å². The molecule has 1 aliphatic heterocycles. The molecule has 0 spiro atoms. The number of thiocarbonyl (C=S) groups is 1. The van der Waals surface area contributed by atoms with Crippen molar-refractivity contribution >= 4 is 63.3 Å². The second-order valence-corrected chi connectivity index (χ2v) is 11.6. The summed E-state index contributed by atoms with van der Waals surface area (Å²) in [5.74, 6) is 1.76. The predicted octanol–water partition coefficient (Wildman–Crippen LogP) is 3.97. The maximum Gasteiger partial charge on any atom is 0.253 e. The van der Waals surface area contributed by atoms with Gasteiger partial charge in [0.15, 0.2) is 0 Å². The van der Waals surface area contributed by atoms with Gasteiger partial charge >= 0.3 is 0 Å². The van der Waals surface area contributed by atoms with Gasteiger partial charge in [-0.25, -0.2) is 4.98 Å². The third-order valence-electron chi connectivity index (χ3n) is 6.60. The van der Waals surface area contributed by atoms with Crippen LogP contribution in [0.15, 0.2) is 54.7 Å². The Bertz CT molecular complexity index is 1380. The number of carbonyl (C=O) groups is 2. The normalized spacial score (nSPS) is 13.2. The molecule has 0 atom stereocenters. The summed E-state index contributed by atoms with van der Waals surface area (Å²) in [6.07, 6.45) is 1.71. The van der Waals surface area contributed by atoms with E-state index in [2.05, 4.69) is 49.8 Å². The summed E-state index contributed by atoms with van der Waals surface area (Å²) in [5, 5.41) is 9.11. The van der Waals surface area contributed by atoms with Crippen molar-refractivity contribution in [3.05, 3.63) is 71.4 Å². The van der Waals surface area contributed by atoms with Crippen molar-refractivity contribution in [2.45, 2.75) is 6.92 Å². The molecule has 0 bridgehead atoms. The molecule has 1 aromatic heterocycles. The summed E-state index contributed by atoms with van der Waals surface area (Å²) in [6.45, 7) is 5.65. The van der Waals surface area contributed by atoms with E-state index in [0.29, 0.717) is 41.7 Å². The van der Waals surface area contributed by atoms with Crippen LogP contribution in [0, 0.1) is 6.92 Å². The van der Waals surface area contributed by atoms with Gasteiger partial charge in [-0.2, -0.15) is 4.98 Å². The Morgan fingerprint density at radius 1 is 1.00 bits per heavy atom. The number of aromatic nitrogens is 2. The van der Waals surface area contributed by atoms with Gasteiger partial charge in [-0.05, 0) is 57.4 Å². The number of carbonyl (C=O) groups excluding carboxylic acids is 2. The lowest BCUT2D eigenvalue weighted by Crippen LogP contribution is -2.49. The molecule has 0 radical (unpaired) electrons. The molecule has 2 aromatic carbocycles. The van der Waals surface area contributed by atoms with Crippen LogP contribution in [-0.2, 0) is 0 Å². The summed E-state index contributed by atoms with van der Waals surface area (Å²) in [6, 6.07) is 14.6. The Hall–Kier alpha value is -3.74. The fourth-order valence-corrected chi connectivity index (χ4v) is 5.62. The fourth-order valence-electron chi connectivity index (χ4n) is 4.19. The topological polar surface area (TPSA) is 106 Å². The van der Waals surface area contributed by atoms with Gasteiger partial charge in [0, 0.05) is 68.5 Å². The van der Waals surface area contributed by atoms with E-state index >= 15 is 0 Å². The number of amides is 2. The number of benzene rings is 2. The Morgan fingerprint density at radius 2 is 1.68 bits per heavy atom. The lowest BCUT2D eigenvalue weighted by Gasteiger charge is -2.36. The SMILES string of the molecule is CNC(=O)c1ccccc1Nc1nc(Nc2ccc(C(=O)N3CCN(C(=S)SCCN(C)C)CC3)cc2)ncc1C. The van der Waals surface area contributed by atoms with Crippen molar-refractivity contribution in [2.75, 3.05) is 70.3 Å². The minimum Gasteiger partial charge on any atom is -0.355 e. The van der Waals surface area contributed by atoms with Crippen LogP contribution in [0.3, 0.4) is 0 Å². The highest BCUT2D eigenvalue weighted by molar-refractivity contribution is 8.22. The van der Waals surface area contributed by atoms with Crippen LogP contribution in [0.2, 0.25) is 0 Å². The van der Waals surface area contributed by atoms with E-state index in [4.69, 9.17) is 12.2 Å². The number of anilines is 4. The van der Waals surface area contributed by atoms with Crippen molar-refractivity contribution in [1.82, 2.24) is 30.0 Å². The van der Waals surface area contributed by atoms with Crippen LogP contribution in [0.5, 0.6) is 0 Å². The average molecular weight is 593 g/mol. The fraction of sp³-hybridized carbons (Fsp3) is 0.345. The van der Waals surface area contributed by atoms with Gasteiger partial charge in [-0.15, -0.1) is 0 Å². The molecular formula is C29H36N8O2S2. The largest absolute Gasteiger partial charge is 0.355 e. The van der Waals surface area contributed by atoms with E-state index in [1.54, 1.807) is 31.1 Å². The van der Waals surface area contributed by atoms with Crippen LogP contribution in [-0.4, -0.2) is 100 Å².